The van der Waals surface area contributed by atoms with Crippen molar-refractivity contribution in [3.05, 3.63) is 144 Å². The van der Waals surface area contributed by atoms with Crippen LogP contribution in [-0.2, 0) is 0 Å². The van der Waals surface area contributed by atoms with Crippen LogP contribution in [0.5, 0.6) is 0 Å². The van der Waals surface area contributed by atoms with Crippen molar-refractivity contribution in [1.82, 2.24) is 3.12 Å². The zero-order valence-corrected chi connectivity index (χ0v) is 21.0. The topological polar surface area (TPSA) is 3.24 Å². The Balaban J connectivity index is 1.51. The number of hydrogen-bond acceptors (Lipinski definition) is 5. The zero-order valence-electron chi connectivity index (χ0n) is 17.7. The molecule has 33 heavy (non-hydrogen) atoms. The lowest BCUT2D eigenvalue weighted by Crippen LogP contribution is -1.94. The molecule has 0 radical (unpaired) electrons. The van der Waals surface area contributed by atoms with Gasteiger partial charge in [0.15, 0.2) is 0 Å². The zero-order chi connectivity index (χ0) is 22.5. The van der Waals surface area contributed by atoms with E-state index in [-0.39, 0.29) is 0 Å². The van der Waals surface area contributed by atoms with Gasteiger partial charge >= 0.3 is 0 Å². The van der Waals surface area contributed by atoms with E-state index >= 15 is 0 Å². The molecule has 5 rings (SSSR count). The maximum atomic E-state index is 4.98. The fourth-order valence-corrected chi connectivity index (χ4v) is 7.65. The minimum Gasteiger partial charge on any atom is -0.142 e. The molecule has 4 aromatic rings. The summed E-state index contributed by atoms with van der Waals surface area (Å²) in [6.45, 7) is 0. The Bertz CT molecular complexity index is 1220. The second-order valence-corrected chi connectivity index (χ2v) is 11.3. The van der Waals surface area contributed by atoms with Gasteiger partial charge in [-0.2, -0.15) is 0 Å². The molecule has 1 heterocycles. The number of nitrogens with zero attached hydrogens (tertiary/aromatic N) is 1. The summed E-state index contributed by atoms with van der Waals surface area (Å²) in [5, 5.41) is 0. The molecule has 0 bridgehead atoms. The van der Waals surface area contributed by atoms with Crippen LogP contribution < -0.4 is 0 Å². The summed E-state index contributed by atoms with van der Waals surface area (Å²) in [5.41, 5.74) is 4.74. The lowest BCUT2D eigenvalue weighted by atomic mass is 10.1. The summed E-state index contributed by atoms with van der Waals surface area (Å²) in [6.07, 6.45) is 0. The van der Waals surface area contributed by atoms with Crippen LogP contribution in [0.3, 0.4) is 0 Å². The first-order chi connectivity index (χ1) is 16.3. The van der Waals surface area contributed by atoms with Gasteiger partial charge in [-0.25, -0.2) is 0 Å². The van der Waals surface area contributed by atoms with Crippen LogP contribution in [0.15, 0.2) is 121 Å². The average Bonchev–Trinajstić information content (AvgIpc) is 3.33. The van der Waals surface area contributed by atoms with E-state index in [0.717, 1.165) is 20.9 Å². The second kappa shape index (κ2) is 10.8. The number of rotatable bonds is 6. The molecule has 0 N–H and O–H groups in total. The minimum absolute atomic E-state index is 0.974. The molecule has 0 aromatic heterocycles. The van der Waals surface area contributed by atoms with Gasteiger partial charge in [0.25, 0.3) is 0 Å². The Morgan fingerprint density at radius 1 is 0.545 bits per heavy atom. The van der Waals surface area contributed by atoms with Crippen molar-refractivity contribution in [2.75, 3.05) is 0 Å². The summed E-state index contributed by atoms with van der Waals surface area (Å²) in [6, 6.07) is 42.1. The van der Waals surface area contributed by atoms with Gasteiger partial charge < -0.3 is 0 Å². The van der Waals surface area contributed by atoms with E-state index in [1.807, 2.05) is 6.07 Å². The summed E-state index contributed by atoms with van der Waals surface area (Å²) >= 11 is 10.3. The van der Waals surface area contributed by atoms with Crippen LogP contribution in [-0.4, -0.2) is 3.12 Å². The molecule has 1 aliphatic heterocycles. The highest BCUT2D eigenvalue weighted by Gasteiger charge is 2.29. The first kappa shape index (κ1) is 22.5. The molecule has 0 unspecified atom stereocenters. The van der Waals surface area contributed by atoms with Crippen molar-refractivity contribution < 1.29 is 0 Å². The van der Waals surface area contributed by atoms with E-state index < -0.39 is 0 Å². The quantitative estimate of drug-likeness (QED) is 0.160. The Kier molecular flexibility index (Phi) is 7.34. The summed E-state index contributed by atoms with van der Waals surface area (Å²) in [5.74, 6) is 0. The van der Waals surface area contributed by atoms with Crippen molar-refractivity contribution in [2.45, 2.75) is 0 Å². The van der Waals surface area contributed by atoms with Gasteiger partial charge in [-0.15, -0.1) is 15.7 Å². The van der Waals surface area contributed by atoms with E-state index in [1.54, 1.807) is 35.8 Å². The normalized spacial score (nSPS) is 14.9. The molecular weight excluding hydrogens is 479 g/mol. The maximum absolute atomic E-state index is 4.98. The van der Waals surface area contributed by atoms with Crippen LogP contribution in [0, 0.1) is 0 Å². The number of hydrogen-bond donors (Lipinski definition) is 1. The van der Waals surface area contributed by atoms with E-state index in [1.165, 1.54) is 20.9 Å². The Morgan fingerprint density at radius 3 is 1.39 bits per heavy atom. The van der Waals surface area contributed by atoms with Crippen molar-refractivity contribution in [2.24, 2.45) is 0 Å². The van der Waals surface area contributed by atoms with Crippen molar-refractivity contribution in [1.29, 1.82) is 0 Å². The molecular formula is C28H21NS4. The van der Waals surface area contributed by atoms with Gasteiger partial charge in [0.05, 0.1) is 0 Å². The van der Waals surface area contributed by atoms with Gasteiger partial charge in [0, 0.05) is 19.6 Å². The molecule has 0 spiro atoms. The first-order valence-corrected chi connectivity index (χ1v) is 13.3. The lowest BCUT2D eigenvalue weighted by molar-refractivity contribution is 1.33. The summed E-state index contributed by atoms with van der Waals surface area (Å²) in [7, 11) is 0. The fraction of sp³-hybridized carbons (Fsp3) is 0. The van der Waals surface area contributed by atoms with Gasteiger partial charge in [-0.1, -0.05) is 121 Å². The molecule has 1 aliphatic rings. The standard InChI is InChI=1S/C28H21NS4/c30-25(21-13-5-1-6-14-21)26(22-15-7-2-8-16-22)31-29-32-27(23-17-9-3-10-18-23)28(33-29)24-19-11-4-12-20-24/h1-20,30H. The Labute approximate surface area is 213 Å². The van der Waals surface area contributed by atoms with Crippen molar-refractivity contribution in [3.8, 4) is 0 Å². The SMILES string of the molecule is SC(=C(SN1SC(c2ccccc2)=C(c2ccccc2)S1)c1ccccc1)c1ccccc1. The van der Waals surface area contributed by atoms with Crippen LogP contribution in [0.25, 0.3) is 19.6 Å². The number of benzene rings is 4. The summed E-state index contributed by atoms with van der Waals surface area (Å²) in [4.78, 5) is 4.65. The monoisotopic (exact) mass is 499 g/mol. The molecule has 0 atom stereocenters. The van der Waals surface area contributed by atoms with E-state index in [2.05, 4.69) is 118 Å². The molecule has 0 amide bonds. The summed E-state index contributed by atoms with van der Waals surface area (Å²) < 4.78 is 2.28. The third-order valence-corrected chi connectivity index (χ3v) is 9.49. The fourth-order valence-electron chi connectivity index (χ4n) is 3.46. The molecule has 0 fully saturated rings. The molecule has 0 aliphatic carbocycles. The van der Waals surface area contributed by atoms with Gasteiger partial charge in [-0.05, 0) is 58.1 Å². The van der Waals surface area contributed by atoms with Crippen LogP contribution in [0.4, 0.5) is 0 Å². The average molecular weight is 500 g/mol. The highest BCUT2D eigenvalue weighted by atomic mass is 32.3. The maximum Gasteiger partial charge on any atom is 0.0476 e. The van der Waals surface area contributed by atoms with E-state index in [0.29, 0.717) is 0 Å². The highest BCUT2D eigenvalue weighted by molar-refractivity contribution is 8.36. The lowest BCUT2D eigenvalue weighted by Gasteiger charge is -2.17. The molecule has 0 saturated heterocycles. The minimum atomic E-state index is 0.974. The number of thiol groups is 1. The molecule has 0 saturated carbocycles. The van der Waals surface area contributed by atoms with Crippen LogP contribution in [0.1, 0.15) is 22.3 Å². The Morgan fingerprint density at radius 2 is 0.939 bits per heavy atom. The van der Waals surface area contributed by atoms with Crippen LogP contribution >= 0.6 is 48.5 Å². The molecule has 1 nitrogen and oxygen atoms in total. The highest BCUT2D eigenvalue weighted by Crippen LogP contribution is 2.59. The van der Waals surface area contributed by atoms with Crippen LogP contribution in [0.2, 0.25) is 0 Å². The second-order valence-electron chi connectivity index (χ2n) is 7.30. The Hall–Kier alpha value is -2.28. The third kappa shape index (κ3) is 5.29. The van der Waals surface area contributed by atoms with Gasteiger partial charge in [-0.3, -0.25) is 0 Å². The molecule has 5 heteroatoms. The largest absolute Gasteiger partial charge is 0.142 e. The predicted molar refractivity (Wildman–Crippen MR) is 153 cm³/mol. The smallest absolute Gasteiger partial charge is 0.0476 e. The molecule has 162 valence electrons. The van der Waals surface area contributed by atoms with E-state index in [4.69, 9.17) is 12.6 Å². The predicted octanol–water partition coefficient (Wildman–Crippen LogP) is 9.23. The third-order valence-electron chi connectivity index (χ3n) is 5.07. The van der Waals surface area contributed by atoms with Gasteiger partial charge in [0.1, 0.15) is 0 Å². The van der Waals surface area contributed by atoms with E-state index in [9.17, 15) is 0 Å². The molecule has 4 aromatic carbocycles. The first-order valence-electron chi connectivity index (χ1n) is 10.5. The van der Waals surface area contributed by atoms with Crippen molar-refractivity contribution in [3.63, 3.8) is 0 Å². The van der Waals surface area contributed by atoms with Gasteiger partial charge in [0.2, 0.25) is 0 Å². The van der Waals surface area contributed by atoms with Crippen molar-refractivity contribution >= 4 is 68.1 Å².